The fourth-order valence-electron chi connectivity index (χ4n) is 1.71. The first-order valence-electron chi connectivity index (χ1n) is 6.11. The Hall–Kier alpha value is -1.11. The first-order chi connectivity index (χ1) is 8.44. The summed E-state index contributed by atoms with van der Waals surface area (Å²) in [5.41, 5.74) is 0. The summed E-state index contributed by atoms with van der Waals surface area (Å²) >= 11 is 0. The molecule has 7 heteroatoms. The molecule has 0 aromatic carbocycles. The van der Waals surface area contributed by atoms with E-state index in [0.29, 0.717) is 12.8 Å². The molecule has 1 saturated heterocycles. The highest BCUT2D eigenvalue weighted by Crippen LogP contribution is 2.06. The molecule has 0 aliphatic carbocycles. The third-order valence-corrected chi connectivity index (χ3v) is 4.29. The Morgan fingerprint density at radius 3 is 2.72 bits per heavy atom. The van der Waals surface area contributed by atoms with Crippen molar-refractivity contribution in [3.63, 3.8) is 0 Å². The van der Waals surface area contributed by atoms with Gasteiger partial charge in [0, 0.05) is 6.42 Å². The Morgan fingerprint density at radius 1 is 1.44 bits per heavy atom. The molecule has 1 heterocycles. The van der Waals surface area contributed by atoms with Crippen LogP contribution in [0.2, 0.25) is 0 Å². The van der Waals surface area contributed by atoms with E-state index in [1.54, 1.807) is 0 Å². The molecule has 1 aliphatic rings. The Kier molecular flexibility index (Phi) is 5.58. The maximum Gasteiger partial charge on any atom is 0.328 e. The Bertz CT molecular complexity index is 404. The van der Waals surface area contributed by atoms with Crippen LogP contribution < -0.4 is 5.32 Å². The molecule has 1 rings (SSSR count). The van der Waals surface area contributed by atoms with Gasteiger partial charge >= 0.3 is 5.97 Å². The SMILES string of the molecule is CCCCCS(=O)(=O)CC(=O)N[C@H]1CCOC1=O. The number of hydrogen-bond donors (Lipinski definition) is 1. The minimum absolute atomic E-state index is 0.0172. The number of cyclic esters (lactones) is 1. The fourth-order valence-corrected chi connectivity index (χ4v) is 2.98. The van der Waals surface area contributed by atoms with Crippen LogP contribution in [0.25, 0.3) is 0 Å². The molecule has 1 aliphatic heterocycles. The van der Waals surface area contributed by atoms with Gasteiger partial charge in [0.1, 0.15) is 11.8 Å². The third-order valence-electron chi connectivity index (χ3n) is 2.68. The van der Waals surface area contributed by atoms with Crippen molar-refractivity contribution in [2.45, 2.75) is 38.6 Å². The number of carbonyl (C=O) groups excluding carboxylic acids is 2. The van der Waals surface area contributed by atoms with Gasteiger partial charge in [-0.25, -0.2) is 13.2 Å². The van der Waals surface area contributed by atoms with Gasteiger partial charge in [-0.2, -0.15) is 0 Å². The van der Waals surface area contributed by atoms with Gasteiger partial charge in [-0.15, -0.1) is 0 Å². The highest BCUT2D eigenvalue weighted by molar-refractivity contribution is 7.92. The second-order valence-corrected chi connectivity index (χ2v) is 6.56. The molecule has 6 nitrogen and oxygen atoms in total. The van der Waals surface area contributed by atoms with Crippen LogP contribution in [0.5, 0.6) is 0 Å². The van der Waals surface area contributed by atoms with Crippen LogP contribution in [0.3, 0.4) is 0 Å². The number of carbonyl (C=O) groups is 2. The molecule has 1 amide bonds. The van der Waals surface area contributed by atoms with E-state index >= 15 is 0 Å². The zero-order chi connectivity index (χ0) is 13.6. The number of hydrogen-bond acceptors (Lipinski definition) is 5. The van der Waals surface area contributed by atoms with Crippen molar-refractivity contribution >= 4 is 21.7 Å². The predicted molar refractivity (Wildman–Crippen MR) is 65.7 cm³/mol. The predicted octanol–water partition coefficient (Wildman–Crippen LogP) is 0.0231. The molecule has 104 valence electrons. The van der Waals surface area contributed by atoms with Crippen molar-refractivity contribution in [3.8, 4) is 0 Å². The Morgan fingerprint density at radius 2 is 2.17 bits per heavy atom. The molecule has 0 bridgehead atoms. The second kappa shape index (κ2) is 6.72. The molecule has 1 N–H and O–H groups in total. The first-order valence-corrected chi connectivity index (χ1v) is 7.93. The lowest BCUT2D eigenvalue weighted by atomic mass is 10.2. The van der Waals surface area contributed by atoms with Crippen LogP contribution in [0.1, 0.15) is 32.6 Å². The smallest absolute Gasteiger partial charge is 0.328 e. The number of sulfone groups is 1. The number of ether oxygens (including phenoxy) is 1. The molecule has 0 spiro atoms. The van der Waals surface area contributed by atoms with Gasteiger partial charge in [0.15, 0.2) is 9.84 Å². The van der Waals surface area contributed by atoms with E-state index in [-0.39, 0.29) is 12.4 Å². The number of nitrogens with one attached hydrogen (secondary N) is 1. The standard InChI is InChI=1S/C11H19NO5S/c1-2-3-4-7-18(15,16)8-10(13)12-9-5-6-17-11(9)14/h9H,2-8H2,1H3,(H,12,13)/t9-/m0/s1. The average molecular weight is 277 g/mol. The summed E-state index contributed by atoms with van der Waals surface area (Å²) in [6.45, 7) is 2.25. The summed E-state index contributed by atoms with van der Waals surface area (Å²) in [4.78, 5) is 22.6. The Balaban J connectivity index is 2.36. The molecular weight excluding hydrogens is 258 g/mol. The average Bonchev–Trinajstić information content (AvgIpc) is 2.63. The van der Waals surface area contributed by atoms with Crippen molar-refractivity contribution in [1.82, 2.24) is 5.32 Å². The van der Waals surface area contributed by atoms with E-state index in [1.807, 2.05) is 6.92 Å². The number of rotatable bonds is 7. The van der Waals surface area contributed by atoms with Crippen LogP contribution in [-0.2, 0) is 24.2 Å². The lowest BCUT2D eigenvalue weighted by Crippen LogP contribution is -2.41. The van der Waals surface area contributed by atoms with Crippen LogP contribution in [-0.4, -0.2) is 44.4 Å². The second-order valence-electron chi connectivity index (χ2n) is 4.38. The lowest BCUT2D eigenvalue weighted by Gasteiger charge is -2.09. The van der Waals surface area contributed by atoms with E-state index in [0.717, 1.165) is 12.8 Å². The Labute approximate surface area is 107 Å². The topological polar surface area (TPSA) is 89.5 Å². The van der Waals surface area contributed by atoms with Crippen molar-refractivity contribution in [1.29, 1.82) is 0 Å². The number of amides is 1. The molecule has 1 atom stereocenters. The molecule has 1 fully saturated rings. The van der Waals surface area contributed by atoms with Crippen LogP contribution in [0.4, 0.5) is 0 Å². The molecule has 0 saturated carbocycles. The third kappa shape index (κ3) is 5.03. The van der Waals surface area contributed by atoms with Gasteiger partial charge < -0.3 is 10.1 Å². The molecule has 0 unspecified atom stereocenters. The van der Waals surface area contributed by atoms with E-state index in [9.17, 15) is 18.0 Å². The minimum Gasteiger partial charge on any atom is -0.464 e. The highest BCUT2D eigenvalue weighted by Gasteiger charge is 2.29. The van der Waals surface area contributed by atoms with Crippen LogP contribution in [0.15, 0.2) is 0 Å². The zero-order valence-corrected chi connectivity index (χ0v) is 11.3. The van der Waals surface area contributed by atoms with E-state index in [2.05, 4.69) is 10.1 Å². The van der Waals surface area contributed by atoms with Crippen molar-refractivity contribution in [2.24, 2.45) is 0 Å². The van der Waals surface area contributed by atoms with Crippen LogP contribution in [0, 0.1) is 0 Å². The summed E-state index contributed by atoms with van der Waals surface area (Å²) in [5, 5.41) is 2.38. The molecule has 18 heavy (non-hydrogen) atoms. The van der Waals surface area contributed by atoms with Gasteiger partial charge in [-0.1, -0.05) is 19.8 Å². The largest absolute Gasteiger partial charge is 0.464 e. The molecule has 0 aromatic rings. The van der Waals surface area contributed by atoms with Crippen molar-refractivity contribution in [2.75, 3.05) is 18.1 Å². The van der Waals surface area contributed by atoms with Gasteiger partial charge in [0.05, 0.1) is 12.4 Å². The summed E-state index contributed by atoms with van der Waals surface area (Å²) in [7, 11) is -3.38. The first kappa shape index (κ1) is 14.9. The van der Waals surface area contributed by atoms with E-state index < -0.39 is 33.5 Å². The maximum absolute atomic E-state index is 11.6. The molecular formula is C11H19NO5S. The minimum atomic E-state index is -3.38. The quantitative estimate of drug-likeness (QED) is 0.523. The zero-order valence-electron chi connectivity index (χ0n) is 10.5. The normalized spacial score (nSPS) is 19.6. The van der Waals surface area contributed by atoms with Gasteiger partial charge in [-0.05, 0) is 6.42 Å². The highest BCUT2D eigenvalue weighted by atomic mass is 32.2. The van der Waals surface area contributed by atoms with Crippen molar-refractivity contribution < 1.29 is 22.7 Å². The molecule has 0 aromatic heterocycles. The van der Waals surface area contributed by atoms with Gasteiger partial charge in [0.25, 0.3) is 0 Å². The van der Waals surface area contributed by atoms with E-state index in [1.165, 1.54) is 0 Å². The van der Waals surface area contributed by atoms with Gasteiger partial charge in [0.2, 0.25) is 5.91 Å². The summed E-state index contributed by atoms with van der Waals surface area (Å²) in [5.74, 6) is -1.66. The number of unbranched alkanes of at least 4 members (excludes halogenated alkanes) is 2. The van der Waals surface area contributed by atoms with E-state index in [4.69, 9.17) is 0 Å². The number of esters is 1. The fraction of sp³-hybridized carbons (Fsp3) is 0.818. The molecule has 0 radical (unpaired) electrons. The van der Waals surface area contributed by atoms with Crippen molar-refractivity contribution in [3.05, 3.63) is 0 Å². The summed E-state index contributed by atoms with van der Waals surface area (Å²) in [6.07, 6.45) is 2.73. The van der Waals surface area contributed by atoms with Gasteiger partial charge in [-0.3, -0.25) is 4.79 Å². The maximum atomic E-state index is 11.6. The monoisotopic (exact) mass is 277 g/mol. The summed E-state index contributed by atoms with van der Waals surface area (Å²) in [6, 6.07) is -0.691. The van der Waals surface area contributed by atoms with Crippen LogP contribution >= 0.6 is 0 Å². The lowest BCUT2D eigenvalue weighted by molar-refractivity contribution is -0.141. The summed E-state index contributed by atoms with van der Waals surface area (Å²) < 4.78 is 27.9.